The molecule has 0 bridgehead atoms. The molecular formula is C13H20. The van der Waals surface area contributed by atoms with Crippen molar-refractivity contribution in [2.24, 2.45) is 0 Å². The molecule has 0 nitrogen and oxygen atoms in total. The van der Waals surface area contributed by atoms with Crippen LogP contribution < -0.4 is 0 Å². The van der Waals surface area contributed by atoms with Gasteiger partial charge in [0.1, 0.15) is 0 Å². The molecule has 0 N–H and O–H groups in total. The molecule has 0 saturated carbocycles. The van der Waals surface area contributed by atoms with Crippen LogP contribution in [-0.2, 0) is 5.41 Å². The Bertz CT molecular complexity index is 314. The van der Waals surface area contributed by atoms with Crippen LogP contribution in [0.15, 0.2) is 12.1 Å². The standard InChI is InChI=1S/C13H20/c1-9-7-11(3)12(8-10(9)2)13(4,5)6/h7-8H,1-6H3. The first-order valence-corrected chi connectivity index (χ1v) is 4.90. The van der Waals surface area contributed by atoms with Crippen molar-refractivity contribution in [1.82, 2.24) is 0 Å². The topological polar surface area (TPSA) is 0 Å². The SMILES string of the molecule is Cc1cc(C)c(C(C)(C)C)cc1C. The lowest BCUT2D eigenvalue weighted by atomic mass is 9.82. The van der Waals surface area contributed by atoms with Crippen molar-refractivity contribution >= 4 is 0 Å². The Labute approximate surface area is 82.0 Å². The van der Waals surface area contributed by atoms with Crippen molar-refractivity contribution in [3.63, 3.8) is 0 Å². The van der Waals surface area contributed by atoms with Crippen LogP contribution in [-0.4, -0.2) is 0 Å². The van der Waals surface area contributed by atoms with Crippen molar-refractivity contribution in [3.8, 4) is 0 Å². The first-order chi connectivity index (χ1) is 5.82. The minimum atomic E-state index is 0.266. The smallest absolute Gasteiger partial charge is 0.0129 e. The van der Waals surface area contributed by atoms with Gasteiger partial charge in [0.15, 0.2) is 0 Å². The largest absolute Gasteiger partial charge is 0.0561 e. The summed E-state index contributed by atoms with van der Waals surface area (Å²) in [6.07, 6.45) is 0. The second kappa shape index (κ2) is 3.17. The Morgan fingerprint density at radius 1 is 0.769 bits per heavy atom. The molecule has 0 radical (unpaired) electrons. The Morgan fingerprint density at radius 3 is 1.69 bits per heavy atom. The van der Waals surface area contributed by atoms with Crippen LogP contribution in [0.2, 0.25) is 0 Å². The summed E-state index contributed by atoms with van der Waals surface area (Å²) in [5.41, 5.74) is 5.94. The summed E-state index contributed by atoms with van der Waals surface area (Å²) in [5, 5.41) is 0. The highest BCUT2D eigenvalue weighted by Crippen LogP contribution is 2.27. The minimum Gasteiger partial charge on any atom is -0.0561 e. The van der Waals surface area contributed by atoms with Gasteiger partial charge >= 0.3 is 0 Å². The highest BCUT2D eigenvalue weighted by molar-refractivity contribution is 5.39. The number of rotatable bonds is 0. The fourth-order valence-corrected chi connectivity index (χ4v) is 1.77. The van der Waals surface area contributed by atoms with Gasteiger partial charge in [-0.25, -0.2) is 0 Å². The van der Waals surface area contributed by atoms with Crippen LogP contribution in [0.4, 0.5) is 0 Å². The molecule has 1 aromatic rings. The van der Waals surface area contributed by atoms with Gasteiger partial charge in [0.2, 0.25) is 0 Å². The predicted molar refractivity (Wildman–Crippen MR) is 59.4 cm³/mol. The molecule has 1 aromatic carbocycles. The van der Waals surface area contributed by atoms with Crippen LogP contribution in [0.25, 0.3) is 0 Å². The van der Waals surface area contributed by atoms with Crippen LogP contribution in [0, 0.1) is 20.8 Å². The van der Waals surface area contributed by atoms with E-state index in [1.54, 1.807) is 0 Å². The van der Waals surface area contributed by atoms with Crippen LogP contribution in [0.1, 0.15) is 43.0 Å². The molecule has 0 spiro atoms. The summed E-state index contributed by atoms with van der Waals surface area (Å²) in [4.78, 5) is 0. The molecule has 0 saturated heterocycles. The molecule has 0 atom stereocenters. The lowest BCUT2D eigenvalue weighted by Crippen LogP contribution is -2.13. The normalized spacial score (nSPS) is 11.8. The zero-order chi connectivity index (χ0) is 10.2. The molecule has 13 heavy (non-hydrogen) atoms. The highest BCUT2D eigenvalue weighted by atomic mass is 14.2. The molecule has 0 amide bonds. The average Bonchev–Trinajstić information content (AvgIpc) is 1.94. The second-order valence-electron chi connectivity index (χ2n) is 5.00. The van der Waals surface area contributed by atoms with E-state index >= 15 is 0 Å². The lowest BCUT2D eigenvalue weighted by Gasteiger charge is -2.23. The van der Waals surface area contributed by atoms with Crippen molar-refractivity contribution < 1.29 is 0 Å². The van der Waals surface area contributed by atoms with Crippen molar-refractivity contribution in [2.45, 2.75) is 47.0 Å². The Morgan fingerprint density at radius 2 is 1.23 bits per heavy atom. The third-order valence-corrected chi connectivity index (χ3v) is 2.65. The fourth-order valence-electron chi connectivity index (χ4n) is 1.77. The van der Waals surface area contributed by atoms with E-state index in [1.165, 1.54) is 22.3 Å². The Hall–Kier alpha value is -0.780. The molecule has 0 aromatic heterocycles. The van der Waals surface area contributed by atoms with Gasteiger partial charge in [-0.15, -0.1) is 0 Å². The Balaban J connectivity index is 3.32. The van der Waals surface area contributed by atoms with Gasteiger partial charge in [0.05, 0.1) is 0 Å². The first-order valence-electron chi connectivity index (χ1n) is 4.90. The minimum absolute atomic E-state index is 0.266. The summed E-state index contributed by atoms with van der Waals surface area (Å²) in [6.45, 7) is 13.4. The summed E-state index contributed by atoms with van der Waals surface area (Å²) in [7, 11) is 0. The average molecular weight is 176 g/mol. The summed E-state index contributed by atoms with van der Waals surface area (Å²) in [6, 6.07) is 4.61. The van der Waals surface area contributed by atoms with Gasteiger partial charge in [0, 0.05) is 0 Å². The molecule has 0 aliphatic rings. The van der Waals surface area contributed by atoms with Gasteiger partial charge in [-0.1, -0.05) is 32.9 Å². The van der Waals surface area contributed by atoms with E-state index < -0.39 is 0 Å². The van der Waals surface area contributed by atoms with Gasteiger partial charge in [-0.05, 0) is 48.4 Å². The summed E-state index contributed by atoms with van der Waals surface area (Å²) >= 11 is 0. The maximum atomic E-state index is 2.32. The molecular weight excluding hydrogens is 156 g/mol. The maximum absolute atomic E-state index is 2.32. The highest BCUT2D eigenvalue weighted by Gasteiger charge is 2.16. The van der Waals surface area contributed by atoms with Gasteiger partial charge in [-0.2, -0.15) is 0 Å². The van der Waals surface area contributed by atoms with Crippen LogP contribution >= 0.6 is 0 Å². The van der Waals surface area contributed by atoms with Crippen molar-refractivity contribution in [3.05, 3.63) is 34.4 Å². The molecule has 0 fully saturated rings. The van der Waals surface area contributed by atoms with E-state index in [1.807, 2.05) is 0 Å². The molecule has 0 heteroatoms. The second-order valence-corrected chi connectivity index (χ2v) is 5.00. The quantitative estimate of drug-likeness (QED) is 0.562. The number of hydrogen-bond acceptors (Lipinski definition) is 0. The third-order valence-electron chi connectivity index (χ3n) is 2.65. The number of benzene rings is 1. The zero-order valence-electron chi connectivity index (χ0n) is 9.65. The first kappa shape index (κ1) is 10.3. The fraction of sp³-hybridized carbons (Fsp3) is 0.538. The van der Waals surface area contributed by atoms with Gasteiger partial charge < -0.3 is 0 Å². The third kappa shape index (κ3) is 2.12. The molecule has 0 unspecified atom stereocenters. The zero-order valence-corrected chi connectivity index (χ0v) is 9.65. The van der Waals surface area contributed by atoms with Gasteiger partial charge in [-0.3, -0.25) is 0 Å². The van der Waals surface area contributed by atoms with E-state index in [2.05, 4.69) is 53.7 Å². The van der Waals surface area contributed by atoms with Crippen LogP contribution in [0.3, 0.4) is 0 Å². The number of hydrogen-bond donors (Lipinski definition) is 0. The molecule has 72 valence electrons. The van der Waals surface area contributed by atoms with E-state index in [0.29, 0.717) is 0 Å². The Kier molecular flexibility index (Phi) is 2.51. The van der Waals surface area contributed by atoms with Gasteiger partial charge in [0.25, 0.3) is 0 Å². The van der Waals surface area contributed by atoms with Crippen molar-refractivity contribution in [1.29, 1.82) is 0 Å². The predicted octanol–water partition coefficient (Wildman–Crippen LogP) is 3.91. The van der Waals surface area contributed by atoms with E-state index in [9.17, 15) is 0 Å². The van der Waals surface area contributed by atoms with Crippen molar-refractivity contribution in [2.75, 3.05) is 0 Å². The van der Waals surface area contributed by atoms with Crippen LogP contribution in [0.5, 0.6) is 0 Å². The molecule has 0 aliphatic heterocycles. The molecule has 0 aliphatic carbocycles. The number of aryl methyl sites for hydroxylation is 3. The van der Waals surface area contributed by atoms with E-state index in [4.69, 9.17) is 0 Å². The lowest BCUT2D eigenvalue weighted by molar-refractivity contribution is 0.585. The monoisotopic (exact) mass is 176 g/mol. The van der Waals surface area contributed by atoms with E-state index in [-0.39, 0.29) is 5.41 Å². The molecule has 1 rings (SSSR count). The summed E-state index contributed by atoms with van der Waals surface area (Å²) < 4.78 is 0. The maximum Gasteiger partial charge on any atom is -0.0129 e. The van der Waals surface area contributed by atoms with E-state index in [0.717, 1.165) is 0 Å². The summed E-state index contributed by atoms with van der Waals surface area (Å²) in [5.74, 6) is 0. The molecule has 0 heterocycles.